The van der Waals surface area contributed by atoms with Crippen LogP contribution >= 0.6 is 0 Å². The summed E-state index contributed by atoms with van der Waals surface area (Å²) in [5, 5.41) is 0. The number of hydrogen-bond acceptors (Lipinski definition) is 6. The Morgan fingerprint density at radius 1 is 1.17 bits per heavy atom. The van der Waals surface area contributed by atoms with Gasteiger partial charge in [-0.05, 0) is 42.8 Å². The van der Waals surface area contributed by atoms with Crippen LogP contribution in [-0.2, 0) is 23.3 Å². The summed E-state index contributed by atoms with van der Waals surface area (Å²) in [4.78, 5) is 16.3. The fourth-order valence-electron chi connectivity index (χ4n) is 4.42. The van der Waals surface area contributed by atoms with E-state index in [-0.39, 0.29) is 5.41 Å². The smallest absolute Gasteiger partial charge is 0.160 e. The molecule has 148 valence electrons. The summed E-state index contributed by atoms with van der Waals surface area (Å²) in [7, 11) is 1.70. The van der Waals surface area contributed by atoms with E-state index in [4.69, 9.17) is 14.5 Å². The Kier molecular flexibility index (Phi) is 4.73. The van der Waals surface area contributed by atoms with Crippen LogP contribution in [0.2, 0.25) is 0 Å². The van der Waals surface area contributed by atoms with E-state index in [0.717, 1.165) is 54.4 Å². The van der Waals surface area contributed by atoms with Crippen molar-refractivity contribution in [1.29, 1.82) is 0 Å². The first-order chi connectivity index (χ1) is 14.3. The Morgan fingerprint density at radius 3 is 2.86 bits per heavy atom. The molecule has 29 heavy (non-hydrogen) atoms. The number of rotatable bonds is 4. The summed E-state index contributed by atoms with van der Waals surface area (Å²) in [5.41, 5.74) is 4.42. The van der Waals surface area contributed by atoms with Crippen molar-refractivity contribution in [3.05, 3.63) is 71.8 Å². The first kappa shape index (κ1) is 18.2. The van der Waals surface area contributed by atoms with Crippen molar-refractivity contribution in [2.24, 2.45) is 0 Å². The highest BCUT2D eigenvalue weighted by Crippen LogP contribution is 2.40. The van der Waals surface area contributed by atoms with Gasteiger partial charge in [0.15, 0.2) is 5.82 Å². The van der Waals surface area contributed by atoms with Gasteiger partial charge in [-0.15, -0.1) is 0 Å². The van der Waals surface area contributed by atoms with Crippen molar-refractivity contribution in [2.45, 2.75) is 25.0 Å². The molecule has 2 aromatic heterocycles. The van der Waals surface area contributed by atoms with E-state index in [9.17, 15) is 0 Å². The van der Waals surface area contributed by atoms with E-state index in [2.05, 4.69) is 27.0 Å². The van der Waals surface area contributed by atoms with E-state index in [1.807, 2.05) is 36.7 Å². The van der Waals surface area contributed by atoms with Crippen LogP contribution in [0.15, 0.2) is 55.0 Å². The zero-order valence-electron chi connectivity index (χ0n) is 16.5. The van der Waals surface area contributed by atoms with Gasteiger partial charge in [-0.3, -0.25) is 9.88 Å². The van der Waals surface area contributed by atoms with Crippen molar-refractivity contribution in [2.75, 3.05) is 26.8 Å². The summed E-state index contributed by atoms with van der Waals surface area (Å²) in [6.45, 7) is 4.18. The molecule has 1 saturated heterocycles. The molecule has 1 aromatic carbocycles. The molecule has 0 saturated carbocycles. The third-order valence-electron chi connectivity index (χ3n) is 5.92. The number of fused-ring (bicyclic) bond motifs is 2. The number of nitrogens with zero attached hydrogens (tertiary/aromatic N) is 4. The molecule has 0 unspecified atom stereocenters. The molecule has 1 spiro atoms. The minimum absolute atomic E-state index is 0.0695. The van der Waals surface area contributed by atoms with Gasteiger partial charge in [-0.1, -0.05) is 12.1 Å². The van der Waals surface area contributed by atoms with Crippen LogP contribution < -0.4 is 4.74 Å². The molecule has 0 radical (unpaired) electrons. The highest BCUT2D eigenvalue weighted by atomic mass is 16.5. The molecule has 0 aliphatic carbocycles. The number of benzene rings is 1. The summed E-state index contributed by atoms with van der Waals surface area (Å²) < 4.78 is 11.2. The Hall–Kier alpha value is -2.83. The molecule has 6 heteroatoms. The van der Waals surface area contributed by atoms with E-state index in [1.54, 1.807) is 13.3 Å². The molecule has 0 bridgehead atoms. The van der Waals surface area contributed by atoms with Crippen molar-refractivity contribution in [1.82, 2.24) is 19.9 Å². The average molecular weight is 388 g/mol. The normalized spacial score (nSPS) is 21.3. The summed E-state index contributed by atoms with van der Waals surface area (Å²) >= 11 is 0. The lowest BCUT2D eigenvalue weighted by Crippen LogP contribution is -2.40. The van der Waals surface area contributed by atoms with E-state index in [1.165, 1.54) is 5.56 Å². The SMILES string of the molecule is COc1ccc(CN2CC[C@@]3(COCc4cnc(-c5cccnc5)nc43)C2)cc1. The lowest BCUT2D eigenvalue weighted by atomic mass is 9.80. The maximum Gasteiger partial charge on any atom is 0.160 e. The number of methoxy groups -OCH3 is 1. The van der Waals surface area contributed by atoms with Crippen molar-refractivity contribution in [3.63, 3.8) is 0 Å². The van der Waals surface area contributed by atoms with Crippen molar-refractivity contribution >= 4 is 0 Å². The third kappa shape index (κ3) is 3.50. The maximum atomic E-state index is 5.97. The molecule has 0 N–H and O–H groups in total. The number of hydrogen-bond donors (Lipinski definition) is 0. The number of likely N-dealkylation sites (tertiary alicyclic amines) is 1. The van der Waals surface area contributed by atoms with Gasteiger partial charge >= 0.3 is 0 Å². The summed E-state index contributed by atoms with van der Waals surface area (Å²) in [6.07, 6.45) is 6.56. The standard InChI is InChI=1S/C23H24N4O2/c1-28-20-6-4-17(5-7-20)13-27-10-8-23(15-27)16-29-14-19-12-25-22(26-21(19)23)18-3-2-9-24-11-18/h2-7,9,11-12H,8,10,13-16H2,1H3/t23-/m0/s1. The maximum absolute atomic E-state index is 5.97. The number of aromatic nitrogens is 3. The second kappa shape index (κ2) is 7.54. The highest BCUT2D eigenvalue weighted by molar-refractivity contribution is 5.54. The Balaban J connectivity index is 1.40. The van der Waals surface area contributed by atoms with Gasteiger partial charge < -0.3 is 9.47 Å². The molecule has 0 amide bonds. The molecule has 2 aliphatic heterocycles. The molecule has 6 nitrogen and oxygen atoms in total. The minimum atomic E-state index is -0.0695. The largest absolute Gasteiger partial charge is 0.497 e. The van der Waals surface area contributed by atoms with Crippen molar-refractivity contribution in [3.8, 4) is 17.1 Å². The molecule has 5 rings (SSSR count). The summed E-state index contributed by atoms with van der Waals surface area (Å²) in [5.74, 6) is 1.63. The molecule has 4 heterocycles. The van der Waals surface area contributed by atoms with Gasteiger partial charge in [0.25, 0.3) is 0 Å². The zero-order chi connectivity index (χ0) is 19.7. The second-order valence-electron chi connectivity index (χ2n) is 7.89. The first-order valence-electron chi connectivity index (χ1n) is 9.96. The number of pyridine rings is 1. The fraction of sp³-hybridized carbons (Fsp3) is 0.348. The molecule has 3 aromatic rings. The first-order valence-corrected chi connectivity index (χ1v) is 9.96. The van der Waals surface area contributed by atoms with Gasteiger partial charge in [0.1, 0.15) is 5.75 Å². The molecule has 1 atom stereocenters. The van der Waals surface area contributed by atoms with Crippen LogP contribution in [0, 0.1) is 0 Å². The van der Waals surface area contributed by atoms with E-state index in [0.29, 0.717) is 13.2 Å². The Bertz CT molecular complexity index is 994. The molecular formula is C23H24N4O2. The monoisotopic (exact) mass is 388 g/mol. The fourth-order valence-corrected chi connectivity index (χ4v) is 4.42. The second-order valence-corrected chi connectivity index (χ2v) is 7.89. The van der Waals surface area contributed by atoms with Gasteiger partial charge in [-0.25, -0.2) is 9.97 Å². The van der Waals surface area contributed by atoms with E-state index >= 15 is 0 Å². The quantitative estimate of drug-likeness (QED) is 0.684. The van der Waals surface area contributed by atoms with Gasteiger partial charge in [0.2, 0.25) is 0 Å². The summed E-state index contributed by atoms with van der Waals surface area (Å²) in [6, 6.07) is 12.2. The van der Waals surface area contributed by atoms with Crippen LogP contribution in [-0.4, -0.2) is 46.7 Å². The third-order valence-corrected chi connectivity index (χ3v) is 5.92. The van der Waals surface area contributed by atoms with Gasteiger partial charge in [-0.2, -0.15) is 0 Å². The number of ether oxygens (including phenoxy) is 2. The molecule has 1 fully saturated rings. The van der Waals surface area contributed by atoms with Gasteiger partial charge in [0, 0.05) is 42.8 Å². The topological polar surface area (TPSA) is 60.4 Å². The van der Waals surface area contributed by atoms with Crippen LogP contribution in [0.25, 0.3) is 11.4 Å². The average Bonchev–Trinajstić information content (AvgIpc) is 3.18. The van der Waals surface area contributed by atoms with Gasteiger partial charge in [0.05, 0.1) is 31.4 Å². The van der Waals surface area contributed by atoms with Crippen molar-refractivity contribution < 1.29 is 9.47 Å². The van der Waals surface area contributed by atoms with E-state index < -0.39 is 0 Å². The Labute approximate surface area is 170 Å². The van der Waals surface area contributed by atoms with Crippen LogP contribution in [0.4, 0.5) is 0 Å². The lowest BCUT2D eigenvalue weighted by molar-refractivity contribution is 0.0503. The molecular weight excluding hydrogens is 364 g/mol. The predicted octanol–water partition coefficient (Wildman–Crippen LogP) is 3.22. The highest BCUT2D eigenvalue weighted by Gasteiger charge is 2.44. The lowest BCUT2D eigenvalue weighted by Gasteiger charge is -2.34. The predicted molar refractivity (Wildman–Crippen MR) is 109 cm³/mol. The molecule has 2 aliphatic rings. The zero-order valence-corrected chi connectivity index (χ0v) is 16.5. The van der Waals surface area contributed by atoms with Crippen LogP contribution in [0.1, 0.15) is 23.2 Å². The Morgan fingerprint density at radius 2 is 2.07 bits per heavy atom. The van der Waals surface area contributed by atoms with Crippen LogP contribution in [0.3, 0.4) is 0 Å². The van der Waals surface area contributed by atoms with Crippen LogP contribution in [0.5, 0.6) is 5.75 Å². The minimum Gasteiger partial charge on any atom is -0.497 e.